The van der Waals surface area contributed by atoms with Gasteiger partial charge >= 0.3 is 0 Å². The molecule has 1 fully saturated rings. The molecule has 1 amide bonds. The number of aromatic nitrogens is 3. The second kappa shape index (κ2) is 10.7. The molecule has 31 heavy (non-hydrogen) atoms. The Morgan fingerprint density at radius 2 is 2.06 bits per heavy atom. The van der Waals surface area contributed by atoms with Crippen LogP contribution in [-0.2, 0) is 18.4 Å². The van der Waals surface area contributed by atoms with Gasteiger partial charge in [0, 0.05) is 57.7 Å². The van der Waals surface area contributed by atoms with E-state index in [4.69, 9.17) is 4.99 Å². The van der Waals surface area contributed by atoms with E-state index < -0.39 is 0 Å². The Balaban J connectivity index is 0.00000272. The zero-order chi connectivity index (χ0) is 20.9. The van der Waals surface area contributed by atoms with Crippen LogP contribution in [0.3, 0.4) is 0 Å². The van der Waals surface area contributed by atoms with Gasteiger partial charge < -0.3 is 19.7 Å². The van der Waals surface area contributed by atoms with Gasteiger partial charge in [-0.25, -0.2) is 0 Å². The highest BCUT2D eigenvalue weighted by Crippen LogP contribution is 2.17. The number of nitrogens with one attached hydrogen (secondary N) is 1. The first-order chi connectivity index (χ1) is 14.7. The van der Waals surface area contributed by atoms with Gasteiger partial charge in [0.15, 0.2) is 5.96 Å². The molecule has 3 heterocycles. The standard InChI is InChI=1S/C22H29N7O.HI/c1-3-23-22(24-10-6-11-27-12-9-18-7-4-5-8-20(18)27)28-13-14-29(21(30)17-28)19-15-25-26(2)16-19;/h4-5,7-9,12,15-16H,3,6,10-11,13-14,17H2,1-2H3,(H,23,24);1H. The molecule has 3 aromatic rings. The van der Waals surface area contributed by atoms with Crippen LogP contribution in [0.5, 0.6) is 0 Å². The van der Waals surface area contributed by atoms with Crippen molar-refractivity contribution >= 4 is 52.4 Å². The summed E-state index contributed by atoms with van der Waals surface area (Å²) in [5.74, 6) is 0.882. The van der Waals surface area contributed by atoms with Gasteiger partial charge in [-0.05, 0) is 30.9 Å². The summed E-state index contributed by atoms with van der Waals surface area (Å²) in [5, 5.41) is 8.77. The Morgan fingerprint density at radius 1 is 1.23 bits per heavy atom. The predicted molar refractivity (Wildman–Crippen MR) is 135 cm³/mol. The van der Waals surface area contributed by atoms with Gasteiger partial charge in [-0.2, -0.15) is 5.10 Å². The summed E-state index contributed by atoms with van der Waals surface area (Å²) in [7, 11) is 1.86. The molecule has 8 nitrogen and oxygen atoms in total. The highest BCUT2D eigenvalue weighted by atomic mass is 127. The number of aliphatic imine (C=N–C) groups is 1. The summed E-state index contributed by atoms with van der Waals surface area (Å²) < 4.78 is 3.99. The van der Waals surface area contributed by atoms with E-state index in [-0.39, 0.29) is 29.9 Å². The summed E-state index contributed by atoms with van der Waals surface area (Å²) in [6.07, 6.45) is 6.68. The molecule has 1 N–H and O–H groups in total. The van der Waals surface area contributed by atoms with Crippen molar-refractivity contribution in [1.82, 2.24) is 24.6 Å². The molecule has 0 atom stereocenters. The number of nitrogens with zero attached hydrogens (tertiary/aromatic N) is 6. The number of piperazine rings is 1. The van der Waals surface area contributed by atoms with E-state index in [9.17, 15) is 4.79 Å². The fourth-order valence-electron chi connectivity index (χ4n) is 3.86. The van der Waals surface area contributed by atoms with Crippen LogP contribution in [0.25, 0.3) is 10.9 Å². The third-order valence-electron chi connectivity index (χ3n) is 5.36. The van der Waals surface area contributed by atoms with Crippen molar-refractivity contribution in [2.75, 3.05) is 37.6 Å². The first-order valence-electron chi connectivity index (χ1n) is 10.5. The first kappa shape index (κ1) is 23.1. The molecule has 4 rings (SSSR count). The van der Waals surface area contributed by atoms with E-state index in [1.54, 1.807) is 15.8 Å². The van der Waals surface area contributed by atoms with Gasteiger partial charge in [0.05, 0.1) is 11.9 Å². The number of rotatable bonds is 6. The number of amides is 1. The van der Waals surface area contributed by atoms with Crippen molar-refractivity contribution in [2.24, 2.45) is 12.0 Å². The lowest BCUT2D eigenvalue weighted by atomic mass is 10.2. The molecular formula is C22H30IN7O. The number of benzene rings is 1. The number of para-hydroxylation sites is 1. The van der Waals surface area contributed by atoms with E-state index in [0.717, 1.165) is 37.7 Å². The third kappa shape index (κ3) is 5.38. The molecule has 0 spiro atoms. The molecule has 1 aliphatic rings. The van der Waals surface area contributed by atoms with Crippen molar-refractivity contribution in [3.8, 4) is 0 Å². The Kier molecular flexibility index (Phi) is 7.94. The number of carbonyl (C=O) groups excluding carboxylic acids is 1. The summed E-state index contributed by atoms with van der Waals surface area (Å²) in [4.78, 5) is 21.3. The van der Waals surface area contributed by atoms with E-state index in [1.165, 1.54) is 10.9 Å². The van der Waals surface area contributed by atoms with Crippen LogP contribution in [0.4, 0.5) is 5.69 Å². The summed E-state index contributed by atoms with van der Waals surface area (Å²) >= 11 is 0. The minimum atomic E-state index is 0. The maximum Gasteiger partial charge on any atom is 0.246 e. The number of fused-ring (bicyclic) bond motifs is 1. The van der Waals surface area contributed by atoms with Crippen molar-refractivity contribution in [1.29, 1.82) is 0 Å². The second-order valence-electron chi connectivity index (χ2n) is 7.50. The molecule has 0 aliphatic carbocycles. The van der Waals surface area contributed by atoms with Crippen molar-refractivity contribution in [3.63, 3.8) is 0 Å². The van der Waals surface area contributed by atoms with Crippen LogP contribution in [0.15, 0.2) is 53.9 Å². The van der Waals surface area contributed by atoms with Gasteiger partial charge in [0.2, 0.25) is 5.91 Å². The number of anilines is 1. The lowest BCUT2D eigenvalue weighted by Crippen LogP contribution is -2.55. The van der Waals surface area contributed by atoms with Crippen LogP contribution in [0.2, 0.25) is 0 Å². The van der Waals surface area contributed by atoms with Gasteiger partial charge in [-0.15, -0.1) is 24.0 Å². The van der Waals surface area contributed by atoms with Crippen molar-refractivity contribution < 1.29 is 4.79 Å². The molecule has 1 saturated heterocycles. The van der Waals surface area contributed by atoms with Gasteiger partial charge in [-0.3, -0.25) is 14.5 Å². The average molecular weight is 535 g/mol. The zero-order valence-electron chi connectivity index (χ0n) is 18.1. The second-order valence-corrected chi connectivity index (χ2v) is 7.50. The van der Waals surface area contributed by atoms with Crippen LogP contribution in [0, 0.1) is 0 Å². The van der Waals surface area contributed by atoms with E-state index >= 15 is 0 Å². The average Bonchev–Trinajstić information content (AvgIpc) is 3.36. The van der Waals surface area contributed by atoms with E-state index in [0.29, 0.717) is 19.6 Å². The highest BCUT2D eigenvalue weighted by molar-refractivity contribution is 14.0. The quantitative estimate of drug-likeness (QED) is 0.228. The monoisotopic (exact) mass is 535 g/mol. The molecule has 9 heteroatoms. The van der Waals surface area contributed by atoms with E-state index in [2.05, 4.69) is 58.4 Å². The van der Waals surface area contributed by atoms with Crippen LogP contribution < -0.4 is 10.2 Å². The number of halogens is 1. The van der Waals surface area contributed by atoms with Crippen molar-refractivity contribution in [3.05, 3.63) is 48.9 Å². The maximum absolute atomic E-state index is 12.7. The SMILES string of the molecule is CCNC(=NCCCn1ccc2ccccc21)N1CCN(c2cnn(C)c2)C(=O)C1.I. The Bertz CT molecular complexity index is 1040. The molecule has 0 bridgehead atoms. The number of guanidine groups is 1. The van der Waals surface area contributed by atoms with Gasteiger partial charge in [-0.1, -0.05) is 18.2 Å². The van der Waals surface area contributed by atoms with E-state index in [1.807, 2.05) is 18.1 Å². The molecule has 0 saturated carbocycles. The summed E-state index contributed by atoms with van der Waals surface area (Å²) in [6, 6.07) is 10.6. The first-order valence-corrected chi connectivity index (χ1v) is 10.5. The largest absolute Gasteiger partial charge is 0.357 e. The van der Waals surface area contributed by atoms with Crippen molar-refractivity contribution in [2.45, 2.75) is 19.9 Å². The number of carbonyl (C=O) groups is 1. The summed E-state index contributed by atoms with van der Waals surface area (Å²) in [5.41, 5.74) is 2.11. The van der Waals surface area contributed by atoms with Gasteiger partial charge in [0.25, 0.3) is 0 Å². The normalized spacial score (nSPS) is 14.8. The minimum Gasteiger partial charge on any atom is -0.357 e. The Labute approximate surface area is 199 Å². The summed E-state index contributed by atoms with van der Waals surface area (Å²) in [6.45, 7) is 6.16. The number of hydrogen-bond acceptors (Lipinski definition) is 3. The molecule has 166 valence electrons. The molecular weight excluding hydrogens is 505 g/mol. The number of hydrogen-bond donors (Lipinski definition) is 1. The van der Waals surface area contributed by atoms with Crippen LogP contribution >= 0.6 is 24.0 Å². The number of aryl methyl sites for hydroxylation is 2. The third-order valence-corrected chi connectivity index (χ3v) is 5.36. The molecule has 1 aromatic carbocycles. The Hall–Kier alpha value is -2.56. The molecule has 0 radical (unpaired) electrons. The van der Waals surface area contributed by atoms with Gasteiger partial charge in [0.1, 0.15) is 6.54 Å². The Morgan fingerprint density at radius 3 is 2.81 bits per heavy atom. The van der Waals surface area contributed by atoms with Crippen LogP contribution in [-0.4, -0.2) is 63.8 Å². The van der Waals surface area contributed by atoms with Crippen LogP contribution in [0.1, 0.15) is 13.3 Å². The fraction of sp³-hybridized carbons (Fsp3) is 0.409. The lowest BCUT2D eigenvalue weighted by Gasteiger charge is -2.35. The highest BCUT2D eigenvalue weighted by Gasteiger charge is 2.27. The smallest absolute Gasteiger partial charge is 0.246 e. The molecule has 1 aliphatic heterocycles. The topological polar surface area (TPSA) is 70.7 Å². The molecule has 2 aromatic heterocycles. The lowest BCUT2D eigenvalue weighted by molar-refractivity contribution is -0.120. The zero-order valence-corrected chi connectivity index (χ0v) is 20.4. The minimum absolute atomic E-state index is 0. The molecule has 0 unspecified atom stereocenters. The predicted octanol–water partition coefficient (Wildman–Crippen LogP) is 2.70. The fourth-order valence-corrected chi connectivity index (χ4v) is 3.86. The maximum atomic E-state index is 12.7.